The van der Waals surface area contributed by atoms with Crippen molar-refractivity contribution in [3.8, 4) is 0 Å². The quantitative estimate of drug-likeness (QED) is 0.873. The molecule has 3 rings (SSSR count). The zero-order chi connectivity index (χ0) is 15.2. The Morgan fingerprint density at radius 1 is 1.32 bits per heavy atom. The summed E-state index contributed by atoms with van der Waals surface area (Å²) in [6.07, 6.45) is 4.67. The number of benzene rings is 1. The Balaban J connectivity index is 1.38. The maximum absolute atomic E-state index is 11.9. The summed E-state index contributed by atoms with van der Waals surface area (Å²) in [5.74, 6) is 0.601. The van der Waals surface area contributed by atoms with E-state index in [0.29, 0.717) is 18.9 Å². The van der Waals surface area contributed by atoms with Crippen LogP contribution in [0.15, 0.2) is 43.0 Å². The van der Waals surface area contributed by atoms with Crippen LogP contribution in [0.25, 0.3) is 0 Å². The number of nitrogens with one attached hydrogen (secondary N) is 1. The van der Waals surface area contributed by atoms with E-state index in [-0.39, 0.29) is 5.91 Å². The van der Waals surface area contributed by atoms with Gasteiger partial charge in [-0.3, -0.25) is 9.48 Å². The fourth-order valence-electron chi connectivity index (χ4n) is 2.78. The molecule has 1 aliphatic rings. The number of carbonyl (C=O) groups is 1. The van der Waals surface area contributed by atoms with Gasteiger partial charge >= 0.3 is 0 Å². The zero-order valence-electron chi connectivity index (χ0n) is 12.6. The standard InChI is InChI=1S/C16H21N5O/c22-16(7-9-21-13-17-12-19-21)18-10-14-6-8-20(11-14)15-4-2-1-3-5-15/h1-5,12-14H,6-11H2,(H,18,22)/t14-/m0/s1. The summed E-state index contributed by atoms with van der Waals surface area (Å²) in [4.78, 5) is 18.1. The van der Waals surface area contributed by atoms with Crippen LogP contribution in [0.5, 0.6) is 0 Å². The van der Waals surface area contributed by atoms with Gasteiger partial charge in [0.1, 0.15) is 12.7 Å². The van der Waals surface area contributed by atoms with E-state index in [9.17, 15) is 4.79 Å². The van der Waals surface area contributed by atoms with E-state index in [1.807, 2.05) is 6.07 Å². The van der Waals surface area contributed by atoms with Crippen LogP contribution in [0.4, 0.5) is 5.69 Å². The van der Waals surface area contributed by atoms with Gasteiger partial charge in [-0.25, -0.2) is 4.98 Å². The average Bonchev–Trinajstić information content (AvgIpc) is 3.23. The highest BCUT2D eigenvalue weighted by molar-refractivity contribution is 5.75. The summed E-state index contributed by atoms with van der Waals surface area (Å²) in [5, 5.41) is 7.02. The fourth-order valence-corrected chi connectivity index (χ4v) is 2.78. The lowest BCUT2D eigenvalue weighted by Gasteiger charge is -2.18. The van der Waals surface area contributed by atoms with E-state index >= 15 is 0 Å². The largest absolute Gasteiger partial charge is 0.371 e. The van der Waals surface area contributed by atoms with Gasteiger partial charge in [-0.2, -0.15) is 5.10 Å². The van der Waals surface area contributed by atoms with Crippen molar-refractivity contribution in [1.82, 2.24) is 20.1 Å². The Labute approximate surface area is 130 Å². The predicted octanol–water partition coefficient (Wildman–Crippen LogP) is 1.31. The molecule has 1 saturated heterocycles. The van der Waals surface area contributed by atoms with E-state index in [1.165, 1.54) is 12.0 Å². The molecule has 0 spiro atoms. The van der Waals surface area contributed by atoms with Gasteiger partial charge in [-0.15, -0.1) is 0 Å². The molecular formula is C16H21N5O. The minimum absolute atomic E-state index is 0.0775. The molecule has 1 fully saturated rings. The lowest BCUT2D eigenvalue weighted by atomic mass is 10.1. The van der Waals surface area contributed by atoms with Crippen LogP contribution >= 0.6 is 0 Å². The smallest absolute Gasteiger partial charge is 0.221 e. The van der Waals surface area contributed by atoms with E-state index in [4.69, 9.17) is 0 Å². The number of para-hydroxylation sites is 1. The van der Waals surface area contributed by atoms with Crippen LogP contribution in [-0.2, 0) is 11.3 Å². The number of aromatic nitrogens is 3. The fraction of sp³-hybridized carbons (Fsp3) is 0.438. The Morgan fingerprint density at radius 3 is 2.95 bits per heavy atom. The van der Waals surface area contributed by atoms with Crippen molar-refractivity contribution in [3.63, 3.8) is 0 Å². The van der Waals surface area contributed by atoms with Crippen molar-refractivity contribution in [2.75, 3.05) is 24.5 Å². The third kappa shape index (κ3) is 3.84. The highest BCUT2D eigenvalue weighted by atomic mass is 16.1. The van der Waals surface area contributed by atoms with E-state index in [0.717, 1.165) is 26.1 Å². The molecule has 2 heterocycles. The number of amides is 1. The monoisotopic (exact) mass is 299 g/mol. The Kier molecular flexibility index (Phi) is 4.68. The molecule has 2 aromatic rings. The van der Waals surface area contributed by atoms with Gasteiger partial charge in [0.25, 0.3) is 0 Å². The van der Waals surface area contributed by atoms with E-state index < -0.39 is 0 Å². The SMILES string of the molecule is O=C(CCn1cncn1)NC[C@@H]1CCN(c2ccccc2)C1. The molecule has 116 valence electrons. The first-order chi connectivity index (χ1) is 10.8. The third-order valence-corrected chi connectivity index (χ3v) is 4.03. The molecule has 0 radical (unpaired) electrons. The van der Waals surface area contributed by atoms with Crippen molar-refractivity contribution < 1.29 is 4.79 Å². The molecule has 0 aliphatic carbocycles. The molecular weight excluding hydrogens is 278 g/mol. The highest BCUT2D eigenvalue weighted by Crippen LogP contribution is 2.22. The molecule has 1 aromatic heterocycles. The molecule has 6 nitrogen and oxygen atoms in total. The molecule has 0 unspecified atom stereocenters. The zero-order valence-corrected chi connectivity index (χ0v) is 12.6. The lowest BCUT2D eigenvalue weighted by Crippen LogP contribution is -2.31. The molecule has 1 atom stereocenters. The van der Waals surface area contributed by atoms with Crippen molar-refractivity contribution in [2.45, 2.75) is 19.4 Å². The van der Waals surface area contributed by atoms with Crippen molar-refractivity contribution >= 4 is 11.6 Å². The van der Waals surface area contributed by atoms with Gasteiger partial charge in [0.2, 0.25) is 5.91 Å². The van der Waals surface area contributed by atoms with Crippen LogP contribution in [-0.4, -0.2) is 40.3 Å². The molecule has 22 heavy (non-hydrogen) atoms. The van der Waals surface area contributed by atoms with Gasteiger partial charge in [0.15, 0.2) is 0 Å². The van der Waals surface area contributed by atoms with Crippen LogP contribution < -0.4 is 10.2 Å². The second-order valence-electron chi connectivity index (χ2n) is 5.65. The summed E-state index contributed by atoms with van der Waals surface area (Å²) in [5.41, 5.74) is 1.27. The number of hydrogen-bond acceptors (Lipinski definition) is 4. The van der Waals surface area contributed by atoms with Gasteiger partial charge in [-0.1, -0.05) is 18.2 Å². The number of nitrogens with zero attached hydrogens (tertiary/aromatic N) is 4. The Morgan fingerprint density at radius 2 is 2.18 bits per heavy atom. The molecule has 1 aromatic carbocycles. The molecule has 0 bridgehead atoms. The maximum atomic E-state index is 11.9. The normalized spacial score (nSPS) is 17.6. The second kappa shape index (κ2) is 7.06. The second-order valence-corrected chi connectivity index (χ2v) is 5.65. The highest BCUT2D eigenvalue weighted by Gasteiger charge is 2.22. The number of rotatable bonds is 6. The Hall–Kier alpha value is -2.37. The summed E-state index contributed by atoms with van der Waals surface area (Å²) < 4.78 is 1.67. The van der Waals surface area contributed by atoms with Crippen LogP contribution in [0.3, 0.4) is 0 Å². The molecule has 1 aliphatic heterocycles. The van der Waals surface area contributed by atoms with Gasteiger partial charge in [-0.05, 0) is 24.5 Å². The molecule has 1 N–H and O–H groups in total. The number of carbonyl (C=O) groups excluding carboxylic acids is 1. The van der Waals surface area contributed by atoms with Gasteiger partial charge in [0, 0.05) is 31.7 Å². The first-order valence-corrected chi connectivity index (χ1v) is 7.70. The Bertz CT molecular complexity index is 584. The van der Waals surface area contributed by atoms with Crippen LogP contribution in [0.2, 0.25) is 0 Å². The number of anilines is 1. The summed E-state index contributed by atoms with van der Waals surface area (Å²) >= 11 is 0. The van der Waals surface area contributed by atoms with Crippen molar-refractivity contribution in [2.24, 2.45) is 5.92 Å². The van der Waals surface area contributed by atoms with Crippen LogP contribution in [0.1, 0.15) is 12.8 Å². The average molecular weight is 299 g/mol. The number of hydrogen-bond donors (Lipinski definition) is 1. The van der Waals surface area contributed by atoms with Gasteiger partial charge < -0.3 is 10.2 Å². The van der Waals surface area contributed by atoms with Crippen molar-refractivity contribution in [1.29, 1.82) is 0 Å². The molecule has 0 saturated carbocycles. The summed E-state index contributed by atoms with van der Waals surface area (Å²) in [6, 6.07) is 10.4. The minimum Gasteiger partial charge on any atom is -0.371 e. The topological polar surface area (TPSA) is 63.1 Å². The third-order valence-electron chi connectivity index (χ3n) is 4.03. The first kappa shape index (κ1) is 14.6. The predicted molar refractivity (Wildman–Crippen MR) is 84.4 cm³/mol. The summed E-state index contributed by atoms with van der Waals surface area (Å²) in [7, 11) is 0. The lowest BCUT2D eigenvalue weighted by molar-refractivity contribution is -0.121. The van der Waals surface area contributed by atoms with Crippen molar-refractivity contribution in [3.05, 3.63) is 43.0 Å². The molecule has 1 amide bonds. The van der Waals surface area contributed by atoms with Crippen LogP contribution in [0, 0.1) is 5.92 Å². The first-order valence-electron chi connectivity index (χ1n) is 7.70. The minimum atomic E-state index is 0.0775. The summed E-state index contributed by atoms with van der Waals surface area (Å²) in [6.45, 7) is 3.39. The van der Waals surface area contributed by atoms with E-state index in [2.05, 4.69) is 44.6 Å². The molecule has 6 heteroatoms. The number of aryl methyl sites for hydroxylation is 1. The van der Waals surface area contributed by atoms with Gasteiger partial charge in [0.05, 0.1) is 6.54 Å². The maximum Gasteiger partial charge on any atom is 0.221 e. The van der Waals surface area contributed by atoms with E-state index in [1.54, 1.807) is 11.0 Å².